The smallest absolute Gasteiger partial charge is 0.410 e. The van der Waals surface area contributed by atoms with Gasteiger partial charge < -0.3 is 35.0 Å². The Kier molecular flexibility index (Phi) is 23.8. The van der Waals surface area contributed by atoms with E-state index in [1.54, 1.807) is 82.4 Å². The highest BCUT2D eigenvalue weighted by Gasteiger charge is 2.44. The number of carbonyl (C=O) groups excluding carboxylic acids is 3. The zero-order valence-electron chi connectivity index (χ0n) is 52.7. The maximum absolute atomic E-state index is 14.5. The van der Waals surface area contributed by atoms with Gasteiger partial charge in [-0.2, -0.15) is 35.9 Å². The summed E-state index contributed by atoms with van der Waals surface area (Å²) in [7, 11) is -8.31. The average molecular weight is 1310 g/mol. The first kappa shape index (κ1) is 71.8. The highest BCUT2D eigenvalue weighted by atomic mass is 32.2. The molecule has 2 aromatic carbocycles. The Labute approximate surface area is 529 Å². The van der Waals surface area contributed by atoms with Crippen molar-refractivity contribution in [3.8, 4) is 0 Å². The van der Waals surface area contributed by atoms with Crippen LogP contribution in [0.5, 0.6) is 0 Å². The van der Waals surface area contributed by atoms with Crippen LogP contribution in [0.1, 0.15) is 151 Å². The molecule has 2 atom stereocenters. The number of aromatic carboxylic acids is 1. The van der Waals surface area contributed by atoms with Crippen molar-refractivity contribution >= 4 is 55.7 Å². The molecule has 0 aliphatic carbocycles. The third kappa shape index (κ3) is 21.7. The molecule has 0 bridgehead atoms. The Morgan fingerprint density at radius 2 is 0.978 bits per heavy atom. The van der Waals surface area contributed by atoms with E-state index in [4.69, 9.17) is 19.7 Å². The van der Waals surface area contributed by atoms with E-state index in [1.165, 1.54) is 18.2 Å². The van der Waals surface area contributed by atoms with E-state index in [9.17, 15) is 53.6 Å². The Bertz CT molecular complexity index is 3760. The fourth-order valence-electron chi connectivity index (χ4n) is 10.4. The molecule has 0 saturated carbocycles. The number of hydrogen-bond donors (Lipinski definition) is 5. The van der Waals surface area contributed by atoms with Crippen LogP contribution in [0.2, 0.25) is 0 Å². The zero-order chi connectivity index (χ0) is 67.3. The number of carboxylic acid groups (broad SMARTS) is 1. The van der Waals surface area contributed by atoms with Gasteiger partial charge in [0.1, 0.15) is 28.4 Å². The van der Waals surface area contributed by atoms with Crippen LogP contribution in [0.3, 0.4) is 0 Å². The number of hydrogen-bond acceptors (Lipinski definition) is 16. The molecule has 27 heteroatoms. The summed E-state index contributed by atoms with van der Waals surface area (Å²) < 4.78 is 117. The number of rotatable bonds is 19. The maximum Gasteiger partial charge on any atom is 0.410 e. The number of ether oxygens (including phenoxy) is 2. The molecule has 6 N–H and O–H groups in total. The number of nitrogens with zero attached hydrogens (tertiary/aromatic N) is 6. The summed E-state index contributed by atoms with van der Waals surface area (Å²) in [5.74, 6) is -6.15. The van der Waals surface area contributed by atoms with Crippen molar-refractivity contribution in [3.05, 3.63) is 166 Å². The molecule has 2 fully saturated rings. The minimum absolute atomic E-state index is 0.0305. The topological polar surface area (TPSA) is 295 Å². The monoisotopic (exact) mass is 1300 g/mol. The minimum Gasteiger partial charge on any atom is -0.478 e. The minimum atomic E-state index is -4.50. The number of likely N-dealkylation sites (tertiary alicyclic amines) is 2. The fourth-order valence-corrected chi connectivity index (χ4v) is 11.9. The normalized spacial score (nSPS) is 16.1. The van der Waals surface area contributed by atoms with Crippen LogP contribution in [-0.2, 0) is 42.4 Å². The SMILES string of the molecule is CC(C)(C)OC(=O)N1C[C@@H](CCCNc2cccc(S(=O)(=O)NC(=O)c3cc(Cc4ccccc4)c(F)nc3F)n2)CC1(C)C.CC(C)(C)OC(=O)N1C[C@@H](CCCNc2cccc(S(N)(=O)=O)n2)CC1(C)C.O=C(O)c1cc(Cc2ccccc2)c(F)nc1F. The molecule has 2 aliphatic rings. The zero-order valence-corrected chi connectivity index (χ0v) is 54.3. The van der Waals surface area contributed by atoms with Gasteiger partial charge in [-0.3, -0.25) is 4.79 Å². The van der Waals surface area contributed by atoms with E-state index in [2.05, 4.69) is 44.4 Å². The van der Waals surface area contributed by atoms with Crippen LogP contribution in [0.15, 0.2) is 119 Å². The summed E-state index contributed by atoms with van der Waals surface area (Å²) in [4.78, 5) is 66.6. The van der Waals surface area contributed by atoms with Crippen molar-refractivity contribution in [2.75, 3.05) is 36.8 Å². The van der Waals surface area contributed by atoms with E-state index in [0.717, 1.165) is 56.2 Å². The summed E-state index contributed by atoms with van der Waals surface area (Å²) in [5.41, 5.74) is -1.48. The molecule has 6 heterocycles. The predicted octanol–water partition coefficient (Wildman–Crippen LogP) is 11.3. The number of benzene rings is 2. The number of nitrogens with two attached hydrogens (primary N) is 1. The van der Waals surface area contributed by atoms with E-state index in [1.807, 2.05) is 66.4 Å². The lowest BCUT2D eigenvalue weighted by Crippen LogP contribution is -2.45. The number of sulfonamides is 2. The van der Waals surface area contributed by atoms with Gasteiger partial charge in [0.15, 0.2) is 10.1 Å². The number of carbonyl (C=O) groups is 4. The van der Waals surface area contributed by atoms with Gasteiger partial charge in [-0.15, -0.1) is 0 Å². The lowest BCUT2D eigenvalue weighted by atomic mass is 9.93. The summed E-state index contributed by atoms with van der Waals surface area (Å²) in [5, 5.41) is 19.5. The summed E-state index contributed by atoms with van der Waals surface area (Å²) >= 11 is 0. The Morgan fingerprint density at radius 3 is 1.38 bits per heavy atom. The second-order valence-corrected chi connectivity index (χ2v) is 28.6. The maximum atomic E-state index is 14.5. The van der Waals surface area contributed by atoms with E-state index in [0.29, 0.717) is 43.5 Å². The molecule has 91 heavy (non-hydrogen) atoms. The third-order valence-electron chi connectivity index (χ3n) is 14.5. The highest BCUT2D eigenvalue weighted by Crippen LogP contribution is 2.38. The Hall–Kier alpha value is -8.30. The van der Waals surface area contributed by atoms with Gasteiger partial charge in [0.25, 0.3) is 26.0 Å². The van der Waals surface area contributed by atoms with Crippen LogP contribution in [0.4, 0.5) is 38.8 Å². The Morgan fingerprint density at radius 1 is 0.582 bits per heavy atom. The molecule has 21 nitrogen and oxygen atoms in total. The molecule has 2 saturated heterocycles. The molecule has 4 aromatic heterocycles. The van der Waals surface area contributed by atoms with Gasteiger partial charge in [0, 0.05) is 61.2 Å². The number of amides is 3. The van der Waals surface area contributed by atoms with Crippen molar-refractivity contribution in [1.82, 2.24) is 34.5 Å². The predicted molar refractivity (Wildman–Crippen MR) is 334 cm³/mol. The first-order valence-electron chi connectivity index (χ1n) is 29.4. The number of pyridine rings is 4. The molecule has 8 rings (SSSR count). The van der Waals surface area contributed by atoms with Gasteiger partial charge in [-0.1, -0.05) is 72.8 Å². The van der Waals surface area contributed by atoms with E-state index >= 15 is 0 Å². The highest BCUT2D eigenvalue weighted by molar-refractivity contribution is 7.90. The molecule has 2 aliphatic heterocycles. The van der Waals surface area contributed by atoms with Crippen LogP contribution >= 0.6 is 0 Å². The van der Waals surface area contributed by atoms with E-state index < -0.39 is 83.1 Å². The van der Waals surface area contributed by atoms with Crippen molar-refractivity contribution in [2.45, 2.75) is 153 Å². The number of primary sulfonamides is 1. The number of aromatic nitrogens is 4. The number of halogens is 4. The lowest BCUT2D eigenvalue weighted by Gasteiger charge is -2.33. The van der Waals surface area contributed by atoms with Gasteiger partial charge >= 0.3 is 18.2 Å². The molecule has 0 radical (unpaired) electrons. The second kappa shape index (κ2) is 30.2. The van der Waals surface area contributed by atoms with Crippen LogP contribution in [-0.4, -0.2) is 124 Å². The largest absolute Gasteiger partial charge is 0.478 e. The molecule has 492 valence electrons. The van der Waals surface area contributed by atoms with Crippen molar-refractivity contribution in [1.29, 1.82) is 0 Å². The van der Waals surface area contributed by atoms with Gasteiger partial charge in [-0.25, -0.2) is 42.6 Å². The molecular formula is C64H80F4N10O11S2. The third-order valence-corrected chi connectivity index (χ3v) is 16.6. The number of carboxylic acids is 1. The Balaban J connectivity index is 0.000000242. The molecule has 0 unspecified atom stereocenters. The average Bonchev–Trinajstić information content (AvgIpc) is 1.81. The molecule has 0 spiro atoms. The lowest BCUT2D eigenvalue weighted by molar-refractivity contribution is 0.0118. The summed E-state index contributed by atoms with van der Waals surface area (Å²) in [6.45, 7) is 21.7. The van der Waals surface area contributed by atoms with Crippen molar-refractivity contribution in [3.63, 3.8) is 0 Å². The standard InChI is InChI=1S/C32H39F2N5O5S.C19H32N4O4S.C13H9F2NO2/c1-31(2,3)44-30(41)39-20-22(19-32(39,4)5)13-10-16-35-25-14-9-15-26(36-25)45(42,43)38-29(40)24-18-23(27(33)37-28(24)34)17-21-11-7-6-8-12-21;1-18(2,3)27-17(24)23-13-14(12-19(23,4)5)8-7-11-21-15-9-6-10-16(22-15)28(20,25)26;14-11-9(6-8-4-2-1-3-5-8)7-10(13(17)18)12(15)16-11/h6-9,11-12,14-15,18,22H,10,13,16-17,19-20H2,1-5H3,(H,35,36)(H,38,40);6,9-10,14H,7-8,11-13H2,1-5H3,(H,21,22)(H2,20,25,26);1-5,7H,6H2,(H,17,18)/t22-;14-;/m00./s1. The van der Waals surface area contributed by atoms with Crippen LogP contribution in [0, 0.1) is 35.6 Å². The van der Waals surface area contributed by atoms with Crippen LogP contribution < -0.4 is 20.5 Å². The van der Waals surface area contributed by atoms with Crippen LogP contribution in [0.25, 0.3) is 0 Å². The molecule has 6 aromatic rings. The van der Waals surface area contributed by atoms with E-state index in [-0.39, 0.29) is 64.0 Å². The number of anilines is 2. The fraction of sp³-hybridized carbons (Fsp3) is 0.438. The first-order valence-corrected chi connectivity index (χ1v) is 32.5. The summed E-state index contributed by atoms with van der Waals surface area (Å²) in [6.07, 6.45) is 4.75. The first-order chi connectivity index (χ1) is 42.4. The quantitative estimate of drug-likeness (QED) is 0.0286. The van der Waals surface area contributed by atoms with Gasteiger partial charge in [0.05, 0.1) is 5.56 Å². The van der Waals surface area contributed by atoms with Gasteiger partial charge in [-0.05, 0) is 167 Å². The molecular weight excluding hydrogens is 1220 g/mol. The number of nitrogens with one attached hydrogen (secondary N) is 3. The van der Waals surface area contributed by atoms with Gasteiger partial charge in [0.2, 0.25) is 23.8 Å². The second-order valence-electron chi connectivity index (χ2n) is 25.5. The molecule has 3 amide bonds. The summed E-state index contributed by atoms with van der Waals surface area (Å²) in [6, 6.07) is 28.5. The van der Waals surface area contributed by atoms with Crippen molar-refractivity contribution < 1.29 is 68.2 Å². The van der Waals surface area contributed by atoms with Crippen molar-refractivity contribution in [2.24, 2.45) is 17.0 Å².